The third-order valence-corrected chi connectivity index (χ3v) is 11.9. The molecule has 8 aromatic carbocycles. The number of hydrogen-bond donors (Lipinski definition) is 0. The first-order valence-electron chi connectivity index (χ1n) is 20.5. The van der Waals surface area contributed by atoms with Crippen LogP contribution >= 0.6 is 0 Å². The Morgan fingerprint density at radius 3 is 1.78 bits per heavy atom. The number of para-hydroxylation sites is 2. The van der Waals surface area contributed by atoms with Crippen molar-refractivity contribution in [1.82, 2.24) is 19.5 Å². The van der Waals surface area contributed by atoms with Gasteiger partial charge in [0.2, 0.25) is 0 Å². The molecular formula is C55H36N4O. The average Bonchev–Trinajstić information content (AvgIpc) is 3.87. The van der Waals surface area contributed by atoms with Crippen LogP contribution in [0.15, 0.2) is 199 Å². The fourth-order valence-corrected chi connectivity index (χ4v) is 9.13. The molecule has 0 atom stereocenters. The summed E-state index contributed by atoms with van der Waals surface area (Å²) in [6.07, 6.45) is 4.21. The van der Waals surface area contributed by atoms with Crippen molar-refractivity contribution < 1.29 is 4.42 Å². The molecule has 60 heavy (non-hydrogen) atoms. The maximum absolute atomic E-state index is 6.73. The highest BCUT2D eigenvalue weighted by molar-refractivity contribution is 6.09. The molecule has 5 nitrogen and oxygen atoms in total. The van der Waals surface area contributed by atoms with E-state index >= 15 is 0 Å². The lowest BCUT2D eigenvalue weighted by atomic mass is 9.91. The van der Waals surface area contributed by atoms with Crippen molar-refractivity contribution in [3.05, 3.63) is 211 Å². The molecule has 0 radical (unpaired) electrons. The zero-order chi connectivity index (χ0) is 39.6. The van der Waals surface area contributed by atoms with E-state index in [-0.39, 0.29) is 0 Å². The quantitative estimate of drug-likeness (QED) is 0.169. The first-order chi connectivity index (χ1) is 29.7. The van der Waals surface area contributed by atoms with Gasteiger partial charge in [-0.15, -0.1) is 0 Å². The lowest BCUT2D eigenvalue weighted by molar-refractivity contribution is 0.591. The number of benzene rings is 8. The van der Waals surface area contributed by atoms with Gasteiger partial charge < -0.3 is 8.98 Å². The maximum atomic E-state index is 6.73. The van der Waals surface area contributed by atoms with E-state index in [0.717, 1.165) is 79.7 Å². The summed E-state index contributed by atoms with van der Waals surface area (Å²) in [6, 6.07) is 66.2. The van der Waals surface area contributed by atoms with Crippen molar-refractivity contribution in [2.45, 2.75) is 12.8 Å². The summed E-state index contributed by atoms with van der Waals surface area (Å²) in [5, 5.41) is 5.92. The largest absolute Gasteiger partial charge is 0.456 e. The number of rotatable bonds is 6. The van der Waals surface area contributed by atoms with E-state index in [4.69, 9.17) is 19.4 Å². The Kier molecular flexibility index (Phi) is 7.91. The highest BCUT2D eigenvalue weighted by atomic mass is 16.3. The van der Waals surface area contributed by atoms with Gasteiger partial charge in [-0.25, -0.2) is 15.0 Å². The summed E-state index contributed by atoms with van der Waals surface area (Å²) in [6.45, 7) is 0. The molecule has 0 spiro atoms. The highest BCUT2D eigenvalue weighted by Gasteiger charge is 2.23. The molecule has 3 aromatic heterocycles. The molecular weight excluding hydrogens is 733 g/mol. The van der Waals surface area contributed by atoms with Crippen LogP contribution in [-0.4, -0.2) is 19.5 Å². The van der Waals surface area contributed by atoms with Crippen LogP contribution in [0.1, 0.15) is 23.3 Å². The Morgan fingerprint density at radius 1 is 0.433 bits per heavy atom. The number of allylic oxidation sites excluding steroid dienone is 1. The molecule has 0 saturated heterocycles. The lowest BCUT2D eigenvalue weighted by Crippen LogP contribution is -2.02. The zero-order valence-electron chi connectivity index (χ0n) is 32.6. The predicted octanol–water partition coefficient (Wildman–Crippen LogP) is 13.9. The number of aromatic nitrogens is 4. The smallest absolute Gasteiger partial charge is 0.164 e. The molecule has 0 saturated carbocycles. The van der Waals surface area contributed by atoms with Gasteiger partial charge in [-0.1, -0.05) is 158 Å². The number of fused-ring (bicyclic) bond motifs is 7. The minimum Gasteiger partial charge on any atom is -0.456 e. The molecule has 3 heterocycles. The fraction of sp³-hybridized carbons (Fsp3) is 0.0364. The number of furan rings is 1. The Bertz CT molecular complexity index is 3430. The first kappa shape index (κ1) is 34.2. The molecule has 12 rings (SSSR count). The molecule has 1 aliphatic carbocycles. The van der Waals surface area contributed by atoms with Gasteiger partial charge in [-0.3, -0.25) is 0 Å². The van der Waals surface area contributed by atoms with E-state index in [1.165, 1.54) is 32.7 Å². The van der Waals surface area contributed by atoms with Gasteiger partial charge >= 0.3 is 0 Å². The third kappa shape index (κ3) is 5.66. The normalized spacial score (nSPS) is 12.6. The average molecular weight is 769 g/mol. The monoisotopic (exact) mass is 768 g/mol. The van der Waals surface area contributed by atoms with Crippen LogP contribution in [0.2, 0.25) is 0 Å². The Morgan fingerprint density at radius 2 is 1.03 bits per heavy atom. The van der Waals surface area contributed by atoms with E-state index in [0.29, 0.717) is 17.5 Å². The van der Waals surface area contributed by atoms with Crippen molar-refractivity contribution in [2.75, 3.05) is 0 Å². The second-order valence-electron chi connectivity index (χ2n) is 15.5. The van der Waals surface area contributed by atoms with E-state index in [9.17, 15) is 0 Å². The third-order valence-electron chi connectivity index (χ3n) is 11.9. The molecule has 5 heteroatoms. The van der Waals surface area contributed by atoms with Crippen molar-refractivity contribution in [3.63, 3.8) is 0 Å². The van der Waals surface area contributed by atoms with Crippen LogP contribution in [0.3, 0.4) is 0 Å². The SMILES string of the molecule is C1=C(c2ccccc2)c2oc3cc(-c4nc(-c5ccccc5)nc(-c5cc(-c6cccc7ccccc67)cc(-n6c7ccccc7c7ccccc76)c5)n4)ccc3c2CC1. The van der Waals surface area contributed by atoms with Crippen LogP contribution in [0.25, 0.3) is 100 Å². The van der Waals surface area contributed by atoms with Gasteiger partial charge in [0.25, 0.3) is 0 Å². The number of aryl methyl sites for hydroxylation is 1. The van der Waals surface area contributed by atoms with Crippen molar-refractivity contribution >= 4 is 49.1 Å². The van der Waals surface area contributed by atoms with E-state index in [1.54, 1.807) is 0 Å². The van der Waals surface area contributed by atoms with Crippen LogP contribution in [0.4, 0.5) is 0 Å². The highest BCUT2D eigenvalue weighted by Crippen LogP contribution is 2.41. The van der Waals surface area contributed by atoms with Crippen LogP contribution < -0.4 is 0 Å². The van der Waals surface area contributed by atoms with Crippen molar-refractivity contribution in [1.29, 1.82) is 0 Å². The molecule has 0 fully saturated rings. The van der Waals surface area contributed by atoms with Crippen LogP contribution in [0.5, 0.6) is 0 Å². The minimum atomic E-state index is 0.586. The van der Waals surface area contributed by atoms with Gasteiger partial charge in [-0.2, -0.15) is 0 Å². The van der Waals surface area contributed by atoms with Gasteiger partial charge in [0.05, 0.1) is 11.0 Å². The Balaban J connectivity index is 1.08. The second-order valence-corrected chi connectivity index (χ2v) is 15.5. The Labute approximate surface area is 346 Å². The number of hydrogen-bond acceptors (Lipinski definition) is 4. The molecule has 0 amide bonds. The fourth-order valence-electron chi connectivity index (χ4n) is 9.13. The molecule has 0 N–H and O–H groups in total. The summed E-state index contributed by atoms with van der Waals surface area (Å²) in [4.78, 5) is 15.7. The van der Waals surface area contributed by atoms with Gasteiger partial charge in [0.1, 0.15) is 11.3 Å². The number of nitrogens with zero attached hydrogens (tertiary/aromatic N) is 4. The standard InChI is InChI=1S/C55H36N4O/c1-3-15-36(16-4-1)44-25-14-26-48-47-30-29-38(34-51(47)60-52(44)48)54-56-53(37-18-5-2-6-19-37)57-55(58-54)40-31-39(43-24-13-20-35-17-7-8-21-42(35)43)32-41(33-40)59-49-27-11-9-22-45(49)46-23-10-12-28-50(46)59/h1-13,15-25,27-34H,14,26H2. The van der Waals surface area contributed by atoms with Crippen molar-refractivity contribution in [2.24, 2.45) is 0 Å². The van der Waals surface area contributed by atoms with Gasteiger partial charge in [0, 0.05) is 49.7 Å². The summed E-state index contributed by atoms with van der Waals surface area (Å²) >= 11 is 0. The molecule has 11 aromatic rings. The molecule has 0 aliphatic heterocycles. The molecule has 0 bridgehead atoms. The van der Waals surface area contributed by atoms with E-state index in [2.05, 4.69) is 181 Å². The predicted molar refractivity (Wildman–Crippen MR) is 245 cm³/mol. The van der Waals surface area contributed by atoms with Gasteiger partial charge in [-0.05, 0) is 76.7 Å². The van der Waals surface area contributed by atoms with E-state index < -0.39 is 0 Å². The molecule has 1 aliphatic rings. The van der Waals surface area contributed by atoms with Crippen molar-refractivity contribution in [3.8, 4) is 51.0 Å². The summed E-state index contributed by atoms with van der Waals surface area (Å²) in [5.74, 6) is 2.74. The first-order valence-corrected chi connectivity index (χ1v) is 20.5. The lowest BCUT2D eigenvalue weighted by Gasteiger charge is -2.15. The van der Waals surface area contributed by atoms with Crippen LogP contribution in [-0.2, 0) is 6.42 Å². The molecule has 0 unspecified atom stereocenters. The minimum absolute atomic E-state index is 0.586. The van der Waals surface area contributed by atoms with E-state index in [1.807, 2.05) is 18.2 Å². The topological polar surface area (TPSA) is 56.7 Å². The second kappa shape index (κ2) is 13.9. The van der Waals surface area contributed by atoms with Gasteiger partial charge in [0.15, 0.2) is 17.5 Å². The van der Waals surface area contributed by atoms with Crippen LogP contribution in [0, 0.1) is 0 Å². The zero-order valence-corrected chi connectivity index (χ0v) is 32.6. The maximum Gasteiger partial charge on any atom is 0.164 e. The summed E-state index contributed by atoms with van der Waals surface area (Å²) in [7, 11) is 0. The summed E-state index contributed by atoms with van der Waals surface area (Å²) < 4.78 is 9.10. The Hall–Kier alpha value is -7.89. The molecule has 282 valence electrons. The summed E-state index contributed by atoms with van der Waals surface area (Å²) in [5.41, 5.74) is 12.6.